The topological polar surface area (TPSA) is 38.8 Å². The van der Waals surface area contributed by atoms with Gasteiger partial charge in [0, 0.05) is 13.0 Å². The predicted molar refractivity (Wildman–Crippen MR) is 65.9 cm³/mol. The summed E-state index contributed by atoms with van der Waals surface area (Å²) in [5.74, 6) is 0.903. The van der Waals surface area contributed by atoms with Crippen LogP contribution in [0.1, 0.15) is 26.2 Å². The van der Waals surface area contributed by atoms with Crippen LogP contribution in [0.4, 0.5) is 0 Å². The molecule has 3 saturated heterocycles. The van der Waals surface area contributed by atoms with Gasteiger partial charge in [-0.25, -0.2) is 0 Å². The van der Waals surface area contributed by atoms with Crippen LogP contribution in [0.25, 0.3) is 0 Å². The predicted octanol–water partition coefficient (Wildman–Crippen LogP) is 1.25. The molecule has 3 aliphatic heterocycles. The molecule has 0 radical (unpaired) electrons. The van der Waals surface area contributed by atoms with Crippen LogP contribution in [0.15, 0.2) is 0 Å². The quantitative estimate of drug-likeness (QED) is 0.708. The van der Waals surface area contributed by atoms with Crippen molar-refractivity contribution < 1.29 is 14.3 Å². The molecule has 0 bridgehead atoms. The molecule has 4 nitrogen and oxygen atoms in total. The van der Waals surface area contributed by atoms with Crippen molar-refractivity contribution in [2.75, 3.05) is 32.1 Å². The number of nitrogens with zero attached hydrogens (tertiary/aromatic N) is 1. The van der Waals surface area contributed by atoms with Gasteiger partial charge in [0.05, 0.1) is 24.5 Å². The normalized spacial score (nSPS) is 35.9. The van der Waals surface area contributed by atoms with Crippen molar-refractivity contribution in [3.63, 3.8) is 0 Å². The van der Waals surface area contributed by atoms with E-state index in [0.29, 0.717) is 19.8 Å². The molecule has 3 aliphatic rings. The van der Waals surface area contributed by atoms with Gasteiger partial charge in [-0.1, -0.05) is 0 Å². The Balaban J connectivity index is 1.68. The summed E-state index contributed by atoms with van der Waals surface area (Å²) in [5.41, 5.74) is 0. The van der Waals surface area contributed by atoms with Gasteiger partial charge in [-0.15, -0.1) is 11.8 Å². The number of hydrogen-bond donors (Lipinski definition) is 0. The number of likely N-dealkylation sites (tertiary alicyclic amines) is 1. The zero-order valence-electron chi connectivity index (χ0n) is 10.2. The van der Waals surface area contributed by atoms with Gasteiger partial charge >= 0.3 is 0 Å². The molecule has 3 heterocycles. The van der Waals surface area contributed by atoms with Crippen molar-refractivity contribution in [1.82, 2.24) is 4.90 Å². The second-order valence-corrected chi connectivity index (χ2v) is 6.87. The van der Waals surface area contributed by atoms with Crippen LogP contribution in [-0.2, 0) is 14.3 Å². The maximum atomic E-state index is 12.5. The van der Waals surface area contributed by atoms with Crippen LogP contribution in [0.5, 0.6) is 0 Å². The molecule has 5 heteroatoms. The van der Waals surface area contributed by atoms with E-state index in [0.717, 1.165) is 31.6 Å². The Labute approximate surface area is 106 Å². The first-order valence-electron chi connectivity index (χ1n) is 6.35. The Morgan fingerprint density at radius 3 is 2.71 bits per heavy atom. The summed E-state index contributed by atoms with van der Waals surface area (Å²) in [6.45, 7) is 4.79. The average Bonchev–Trinajstić information content (AvgIpc) is 3.02. The minimum atomic E-state index is -0.477. The Bertz CT molecular complexity index is 322. The number of carbonyl (C=O) groups excluding carboxylic acids is 1. The van der Waals surface area contributed by atoms with E-state index in [1.807, 2.05) is 4.90 Å². The lowest BCUT2D eigenvalue weighted by atomic mass is 10.0. The first-order chi connectivity index (χ1) is 8.14. The molecule has 3 fully saturated rings. The number of amides is 1. The van der Waals surface area contributed by atoms with Gasteiger partial charge in [-0.05, 0) is 25.5 Å². The molecular formula is C12H19NO3S. The maximum Gasteiger partial charge on any atom is 0.238 e. The molecule has 1 spiro atoms. The molecule has 0 N–H and O–H groups in total. The molecule has 0 aliphatic carbocycles. The van der Waals surface area contributed by atoms with Gasteiger partial charge in [0.2, 0.25) is 5.91 Å². The van der Waals surface area contributed by atoms with Gasteiger partial charge in [-0.2, -0.15) is 0 Å². The number of carbonyl (C=O) groups is 1. The molecule has 0 saturated carbocycles. The highest BCUT2D eigenvalue weighted by molar-refractivity contribution is 8.01. The SMILES string of the molecule is CC1(C(=O)N2CCC3(C2)OCCO3)CCCS1. The van der Waals surface area contributed by atoms with Crippen molar-refractivity contribution in [2.24, 2.45) is 0 Å². The molecule has 3 rings (SSSR count). The Morgan fingerprint density at radius 1 is 1.29 bits per heavy atom. The molecule has 0 aromatic carbocycles. The number of ether oxygens (including phenoxy) is 2. The van der Waals surface area contributed by atoms with Gasteiger partial charge < -0.3 is 14.4 Å². The van der Waals surface area contributed by atoms with Crippen molar-refractivity contribution in [2.45, 2.75) is 36.7 Å². The Morgan fingerprint density at radius 2 is 2.06 bits per heavy atom. The monoisotopic (exact) mass is 257 g/mol. The van der Waals surface area contributed by atoms with E-state index >= 15 is 0 Å². The second kappa shape index (κ2) is 4.14. The molecule has 1 unspecified atom stereocenters. The first kappa shape index (κ1) is 11.8. The van der Waals surface area contributed by atoms with E-state index in [9.17, 15) is 4.79 Å². The van der Waals surface area contributed by atoms with Crippen LogP contribution < -0.4 is 0 Å². The molecule has 1 atom stereocenters. The van der Waals surface area contributed by atoms with Crippen molar-refractivity contribution in [3.8, 4) is 0 Å². The van der Waals surface area contributed by atoms with Crippen LogP contribution in [0.2, 0.25) is 0 Å². The minimum absolute atomic E-state index is 0.204. The number of thioether (sulfide) groups is 1. The lowest BCUT2D eigenvalue weighted by Crippen LogP contribution is -2.45. The first-order valence-corrected chi connectivity index (χ1v) is 7.33. The third-order valence-electron chi connectivity index (χ3n) is 3.97. The van der Waals surface area contributed by atoms with E-state index in [-0.39, 0.29) is 10.7 Å². The lowest BCUT2D eigenvalue weighted by molar-refractivity contribution is -0.153. The lowest BCUT2D eigenvalue weighted by Gasteiger charge is -2.29. The largest absolute Gasteiger partial charge is 0.346 e. The van der Waals surface area contributed by atoms with E-state index in [2.05, 4.69) is 6.92 Å². The number of hydrogen-bond acceptors (Lipinski definition) is 4. The Kier molecular flexibility index (Phi) is 2.88. The summed E-state index contributed by atoms with van der Waals surface area (Å²) in [6, 6.07) is 0. The summed E-state index contributed by atoms with van der Waals surface area (Å²) in [7, 11) is 0. The molecule has 17 heavy (non-hydrogen) atoms. The average molecular weight is 257 g/mol. The van der Waals surface area contributed by atoms with Gasteiger partial charge in [0.15, 0.2) is 5.79 Å². The number of rotatable bonds is 1. The van der Waals surface area contributed by atoms with Gasteiger partial charge in [0.1, 0.15) is 0 Å². The summed E-state index contributed by atoms with van der Waals surface area (Å²) >= 11 is 1.80. The van der Waals surface area contributed by atoms with Crippen LogP contribution in [0.3, 0.4) is 0 Å². The van der Waals surface area contributed by atoms with E-state index in [1.54, 1.807) is 11.8 Å². The smallest absolute Gasteiger partial charge is 0.238 e. The van der Waals surface area contributed by atoms with Crippen LogP contribution >= 0.6 is 11.8 Å². The Hall–Kier alpha value is -0.260. The van der Waals surface area contributed by atoms with Gasteiger partial charge in [0.25, 0.3) is 0 Å². The fourth-order valence-electron chi connectivity index (χ4n) is 2.94. The molecule has 0 aromatic heterocycles. The fraction of sp³-hybridized carbons (Fsp3) is 0.917. The third kappa shape index (κ3) is 1.98. The highest BCUT2D eigenvalue weighted by Crippen LogP contribution is 2.41. The summed E-state index contributed by atoms with van der Waals surface area (Å²) in [6.07, 6.45) is 2.97. The standard InChI is InChI=1S/C12H19NO3S/c1-11(3-2-8-17-11)10(14)13-5-4-12(9-13)15-6-7-16-12/h2-9H2,1H3. The van der Waals surface area contributed by atoms with E-state index < -0.39 is 5.79 Å². The minimum Gasteiger partial charge on any atom is -0.346 e. The third-order valence-corrected chi connectivity index (χ3v) is 5.48. The van der Waals surface area contributed by atoms with Crippen LogP contribution in [0, 0.1) is 0 Å². The highest BCUT2D eigenvalue weighted by atomic mass is 32.2. The summed E-state index contributed by atoms with van der Waals surface area (Å²) in [5, 5.41) is 0. The van der Waals surface area contributed by atoms with E-state index in [1.165, 1.54) is 0 Å². The fourth-order valence-corrected chi connectivity index (χ4v) is 4.22. The summed E-state index contributed by atoms with van der Waals surface area (Å²) < 4.78 is 11.1. The van der Waals surface area contributed by atoms with Crippen molar-refractivity contribution in [3.05, 3.63) is 0 Å². The molecular weight excluding hydrogens is 238 g/mol. The van der Waals surface area contributed by atoms with Crippen molar-refractivity contribution in [1.29, 1.82) is 0 Å². The second-order valence-electron chi connectivity index (χ2n) is 5.27. The zero-order valence-corrected chi connectivity index (χ0v) is 11.1. The van der Waals surface area contributed by atoms with Gasteiger partial charge in [-0.3, -0.25) is 4.79 Å². The zero-order chi connectivity index (χ0) is 11.9. The van der Waals surface area contributed by atoms with Crippen LogP contribution in [-0.4, -0.2) is 53.4 Å². The van der Waals surface area contributed by atoms with E-state index in [4.69, 9.17) is 9.47 Å². The molecule has 96 valence electrons. The summed E-state index contributed by atoms with van der Waals surface area (Å²) in [4.78, 5) is 14.4. The molecule has 1 amide bonds. The van der Waals surface area contributed by atoms with Crippen molar-refractivity contribution >= 4 is 17.7 Å². The molecule has 0 aromatic rings. The highest BCUT2D eigenvalue weighted by Gasteiger charge is 2.49. The maximum absolute atomic E-state index is 12.5.